The van der Waals surface area contributed by atoms with E-state index < -0.39 is 11.7 Å². The lowest BCUT2D eigenvalue weighted by molar-refractivity contribution is -0.137. The highest BCUT2D eigenvalue weighted by Crippen LogP contribution is 2.40. The summed E-state index contributed by atoms with van der Waals surface area (Å²) in [5.74, 6) is 1.42. The Hall–Kier alpha value is -3.73. The summed E-state index contributed by atoms with van der Waals surface area (Å²) in [7, 11) is 0. The molecule has 7 rings (SSSR count). The number of nitrogens with zero attached hydrogens (tertiary/aromatic N) is 6. The van der Waals surface area contributed by atoms with Crippen LogP contribution in [0.5, 0.6) is 0 Å². The molecule has 0 radical (unpaired) electrons. The first-order valence-electron chi connectivity index (χ1n) is 12.1. The van der Waals surface area contributed by atoms with E-state index in [1.54, 1.807) is 23.0 Å². The summed E-state index contributed by atoms with van der Waals surface area (Å²) >= 11 is 0. The van der Waals surface area contributed by atoms with Crippen LogP contribution in [0.3, 0.4) is 0 Å². The fourth-order valence-corrected chi connectivity index (χ4v) is 5.30. The molecule has 3 aliphatic rings. The van der Waals surface area contributed by atoms with E-state index in [4.69, 9.17) is 4.98 Å². The number of hydrogen-bond acceptors (Lipinski definition) is 7. The predicted octanol–water partition coefficient (Wildman–Crippen LogP) is 4.00. The second-order valence-electron chi connectivity index (χ2n) is 9.73. The molecule has 1 saturated carbocycles. The number of piperazine rings is 1. The minimum Gasteiger partial charge on any atom is -0.367 e. The highest BCUT2D eigenvalue weighted by Gasteiger charge is 2.40. The minimum absolute atomic E-state index is 0.296. The molecule has 0 spiro atoms. The van der Waals surface area contributed by atoms with Gasteiger partial charge in [0.25, 0.3) is 0 Å². The normalized spacial score (nSPS) is 21.5. The molecule has 1 aromatic carbocycles. The Morgan fingerprint density at radius 2 is 1.97 bits per heavy atom. The van der Waals surface area contributed by atoms with Gasteiger partial charge in [0.05, 0.1) is 16.8 Å². The number of pyridine rings is 1. The van der Waals surface area contributed by atoms with Crippen LogP contribution in [0.1, 0.15) is 24.8 Å². The zero-order chi connectivity index (χ0) is 24.4. The molecule has 2 saturated heterocycles. The minimum atomic E-state index is -4.46. The van der Waals surface area contributed by atoms with Gasteiger partial charge >= 0.3 is 6.18 Å². The fourth-order valence-electron chi connectivity index (χ4n) is 5.30. The smallest absolute Gasteiger partial charge is 0.367 e. The van der Waals surface area contributed by atoms with E-state index in [1.165, 1.54) is 6.07 Å². The molecule has 2 N–H and O–H groups in total. The highest BCUT2D eigenvalue weighted by atomic mass is 19.4. The zero-order valence-corrected chi connectivity index (χ0v) is 19.2. The maximum atomic E-state index is 13.6. The second-order valence-corrected chi connectivity index (χ2v) is 9.73. The van der Waals surface area contributed by atoms with Crippen molar-refractivity contribution in [3.05, 3.63) is 54.5 Å². The first kappa shape index (κ1) is 21.5. The lowest BCUT2D eigenvalue weighted by atomic mass is 9.98. The van der Waals surface area contributed by atoms with Gasteiger partial charge in [0, 0.05) is 43.0 Å². The van der Waals surface area contributed by atoms with E-state index in [0.29, 0.717) is 46.5 Å². The van der Waals surface area contributed by atoms with Gasteiger partial charge in [-0.2, -0.15) is 13.2 Å². The number of aromatic nitrogens is 5. The molecule has 11 heteroatoms. The lowest BCUT2D eigenvalue weighted by Gasteiger charge is -2.29. The first-order chi connectivity index (χ1) is 17.4. The molecule has 3 aromatic heterocycles. The van der Waals surface area contributed by atoms with Crippen LogP contribution in [-0.4, -0.2) is 55.8 Å². The molecule has 2 atom stereocenters. The topological polar surface area (TPSA) is 83.3 Å². The van der Waals surface area contributed by atoms with Crippen LogP contribution in [0, 0.1) is 0 Å². The molecule has 2 bridgehead atoms. The Balaban J connectivity index is 1.45. The molecule has 3 fully saturated rings. The molecule has 5 heterocycles. The summed E-state index contributed by atoms with van der Waals surface area (Å²) < 4.78 is 42.6. The molecule has 4 aromatic rings. The third-order valence-electron chi connectivity index (χ3n) is 7.19. The summed E-state index contributed by atoms with van der Waals surface area (Å²) in [6.07, 6.45) is 2.05. The van der Waals surface area contributed by atoms with Gasteiger partial charge in [-0.15, -0.1) is 10.2 Å². The van der Waals surface area contributed by atoms with E-state index in [9.17, 15) is 13.2 Å². The largest absolute Gasteiger partial charge is 0.416 e. The van der Waals surface area contributed by atoms with Crippen LogP contribution in [0.4, 0.5) is 24.9 Å². The predicted molar refractivity (Wildman–Crippen MR) is 129 cm³/mol. The van der Waals surface area contributed by atoms with Crippen molar-refractivity contribution in [3.8, 4) is 22.4 Å². The molecular formula is C25H23F3N8. The van der Waals surface area contributed by atoms with Crippen molar-refractivity contribution in [2.45, 2.75) is 43.6 Å². The number of anilines is 2. The Morgan fingerprint density at radius 1 is 1.08 bits per heavy atom. The summed E-state index contributed by atoms with van der Waals surface area (Å²) in [6.45, 7) is 1.67. The maximum absolute atomic E-state index is 13.6. The van der Waals surface area contributed by atoms with Crippen molar-refractivity contribution < 1.29 is 13.2 Å². The molecule has 0 amide bonds. The second kappa shape index (κ2) is 7.89. The van der Waals surface area contributed by atoms with Gasteiger partial charge in [-0.1, -0.05) is 12.1 Å². The molecular weight excluding hydrogens is 469 g/mol. The van der Waals surface area contributed by atoms with E-state index in [0.717, 1.165) is 55.9 Å². The van der Waals surface area contributed by atoms with Crippen LogP contribution >= 0.6 is 0 Å². The number of fused-ring (bicyclic) bond motifs is 3. The number of hydrogen-bond donors (Lipinski definition) is 2. The standard InChI is InChI=1S/C25H23F3N8/c26-25(27,28)16-3-1-2-14(8-16)21-22(15-6-7-29-20(9-15)32-17-4-5-17)33-24(36-13-31-34-23(21)36)35-12-18-10-19(35)11-30-18/h1-3,6-9,13,17-19,30H,4-5,10-12H2,(H,29,32)/t18?,19-/m1/s1. The molecule has 2 aliphatic heterocycles. The zero-order valence-electron chi connectivity index (χ0n) is 19.2. The number of rotatable bonds is 5. The van der Waals surface area contributed by atoms with Gasteiger partial charge < -0.3 is 15.5 Å². The van der Waals surface area contributed by atoms with Gasteiger partial charge in [0.2, 0.25) is 5.95 Å². The maximum Gasteiger partial charge on any atom is 0.416 e. The van der Waals surface area contributed by atoms with Crippen molar-refractivity contribution in [2.24, 2.45) is 0 Å². The third kappa shape index (κ3) is 3.65. The first-order valence-corrected chi connectivity index (χ1v) is 12.1. The molecule has 1 unspecified atom stereocenters. The van der Waals surface area contributed by atoms with Gasteiger partial charge in [0.15, 0.2) is 5.65 Å². The van der Waals surface area contributed by atoms with Crippen molar-refractivity contribution >= 4 is 17.4 Å². The van der Waals surface area contributed by atoms with E-state index in [-0.39, 0.29) is 0 Å². The van der Waals surface area contributed by atoms with E-state index >= 15 is 0 Å². The Kier molecular flexibility index (Phi) is 4.72. The van der Waals surface area contributed by atoms with Crippen LogP contribution < -0.4 is 15.5 Å². The highest BCUT2D eigenvalue weighted by molar-refractivity contribution is 5.91. The quantitative estimate of drug-likeness (QED) is 0.436. The van der Waals surface area contributed by atoms with Gasteiger partial charge in [-0.3, -0.25) is 4.40 Å². The Morgan fingerprint density at radius 3 is 2.72 bits per heavy atom. The number of alkyl halides is 3. The number of benzene rings is 1. The average Bonchev–Trinajstić information content (AvgIpc) is 3.25. The third-order valence-corrected chi connectivity index (χ3v) is 7.19. The van der Waals surface area contributed by atoms with Gasteiger partial charge in [0.1, 0.15) is 12.1 Å². The summed E-state index contributed by atoms with van der Waals surface area (Å²) in [5.41, 5.74) is 1.96. The number of nitrogens with one attached hydrogen (secondary N) is 2. The summed E-state index contributed by atoms with van der Waals surface area (Å²) in [6, 6.07) is 10.2. The molecule has 184 valence electrons. The van der Waals surface area contributed by atoms with E-state index in [1.807, 2.05) is 12.1 Å². The molecule has 1 aliphatic carbocycles. The number of halogens is 3. The fraction of sp³-hybridized carbons (Fsp3) is 0.360. The van der Waals surface area contributed by atoms with Crippen molar-refractivity contribution in [2.75, 3.05) is 23.3 Å². The van der Waals surface area contributed by atoms with Crippen LogP contribution in [-0.2, 0) is 6.18 Å². The van der Waals surface area contributed by atoms with Crippen molar-refractivity contribution in [1.29, 1.82) is 0 Å². The van der Waals surface area contributed by atoms with Crippen molar-refractivity contribution in [1.82, 2.24) is 29.9 Å². The monoisotopic (exact) mass is 492 g/mol. The van der Waals surface area contributed by atoms with Crippen LogP contribution in [0.2, 0.25) is 0 Å². The van der Waals surface area contributed by atoms with Crippen LogP contribution in [0.25, 0.3) is 28.0 Å². The summed E-state index contributed by atoms with van der Waals surface area (Å²) in [4.78, 5) is 11.8. The molecule has 36 heavy (non-hydrogen) atoms. The average molecular weight is 493 g/mol. The summed E-state index contributed by atoms with van der Waals surface area (Å²) in [5, 5.41) is 15.4. The Labute approximate surface area is 204 Å². The van der Waals surface area contributed by atoms with Gasteiger partial charge in [-0.25, -0.2) is 9.97 Å². The van der Waals surface area contributed by atoms with Gasteiger partial charge in [-0.05, 0) is 49.1 Å². The lowest BCUT2D eigenvalue weighted by Crippen LogP contribution is -2.44. The van der Waals surface area contributed by atoms with Crippen LogP contribution in [0.15, 0.2) is 48.9 Å². The van der Waals surface area contributed by atoms with E-state index in [2.05, 4.69) is 30.7 Å². The Bertz CT molecular complexity index is 1460. The van der Waals surface area contributed by atoms with Crippen molar-refractivity contribution in [3.63, 3.8) is 0 Å². The molecule has 8 nitrogen and oxygen atoms in total. The SMILES string of the molecule is FC(F)(F)c1cccc(-c2c(-c3ccnc(NC4CC4)c3)nc(N3CC4C[C@@H]3CN4)n3cnnc23)c1.